The molecule has 0 nitrogen and oxygen atoms in total. The first kappa shape index (κ1) is 22.6. The predicted octanol–water partition coefficient (Wildman–Crippen LogP) is 9.60. The molecule has 32 heavy (non-hydrogen) atoms. The summed E-state index contributed by atoms with van der Waals surface area (Å²) in [6.45, 7) is 4.55. The maximum absolute atomic E-state index is 2.46. The minimum Gasteiger partial charge on any atom is -0.0848 e. The van der Waals surface area contributed by atoms with Gasteiger partial charge in [-0.05, 0) is 71.4 Å². The van der Waals surface area contributed by atoms with Crippen LogP contribution in [-0.2, 0) is 6.42 Å². The van der Waals surface area contributed by atoms with Crippen LogP contribution in [0, 0.1) is 5.92 Å². The van der Waals surface area contributed by atoms with E-state index in [0.29, 0.717) is 5.92 Å². The summed E-state index contributed by atoms with van der Waals surface area (Å²) in [7, 11) is 0. The standard InChI is InChI=1S/C32H38/c1-3-5-6-8-26-11-15-28(16-12-26)30-19-23-32(24-20-30)31-21-17-29(18-22-31)27-13-9-25(7-4-2)10-14-27/h9,11-13,15-25,27H,3-8,10,14H2,1-2H3. The number of allylic oxidation sites excluding steroid dienone is 2. The highest BCUT2D eigenvalue weighted by Gasteiger charge is 2.16. The third-order valence-corrected chi connectivity index (χ3v) is 7.04. The fourth-order valence-corrected chi connectivity index (χ4v) is 4.99. The van der Waals surface area contributed by atoms with Gasteiger partial charge in [-0.25, -0.2) is 0 Å². The van der Waals surface area contributed by atoms with Gasteiger partial charge in [0.05, 0.1) is 0 Å². The average molecular weight is 423 g/mol. The lowest BCUT2D eigenvalue weighted by molar-refractivity contribution is 0.477. The maximum Gasteiger partial charge on any atom is 0.00182 e. The Balaban J connectivity index is 1.39. The molecule has 2 atom stereocenters. The molecule has 0 heterocycles. The highest BCUT2D eigenvalue weighted by molar-refractivity contribution is 5.70. The summed E-state index contributed by atoms with van der Waals surface area (Å²) in [4.78, 5) is 0. The smallest absolute Gasteiger partial charge is 0.00182 e. The average Bonchev–Trinajstić information content (AvgIpc) is 2.86. The van der Waals surface area contributed by atoms with Gasteiger partial charge >= 0.3 is 0 Å². The molecule has 4 rings (SSSR count). The first-order chi connectivity index (χ1) is 15.8. The van der Waals surface area contributed by atoms with Crippen molar-refractivity contribution in [3.63, 3.8) is 0 Å². The molecule has 0 bridgehead atoms. The summed E-state index contributed by atoms with van der Waals surface area (Å²) >= 11 is 0. The van der Waals surface area contributed by atoms with Crippen LogP contribution in [0.25, 0.3) is 22.3 Å². The monoisotopic (exact) mass is 422 g/mol. The summed E-state index contributed by atoms with van der Waals surface area (Å²) in [5.74, 6) is 1.38. The van der Waals surface area contributed by atoms with Gasteiger partial charge in [-0.2, -0.15) is 0 Å². The number of hydrogen-bond acceptors (Lipinski definition) is 0. The second-order valence-corrected chi connectivity index (χ2v) is 9.47. The molecule has 1 aliphatic rings. The van der Waals surface area contributed by atoms with Crippen molar-refractivity contribution in [2.24, 2.45) is 5.92 Å². The zero-order chi connectivity index (χ0) is 22.2. The van der Waals surface area contributed by atoms with E-state index in [4.69, 9.17) is 0 Å². The van der Waals surface area contributed by atoms with E-state index in [0.717, 1.165) is 5.92 Å². The van der Waals surface area contributed by atoms with Crippen LogP contribution >= 0.6 is 0 Å². The number of unbranched alkanes of at least 4 members (excludes halogenated alkanes) is 2. The van der Waals surface area contributed by atoms with Crippen molar-refractivity contribution in [3.05, 3.63) is 96.1 Å². The van der Waals surface area contributed by atoms with Crippen molar-refractivity contribution in [1.29, 1.82) is 0 Å². The summed E-state index contributed by atoms with van der Waals surface area (Å²) in [6, 6.07) is 27.4. The third kappa shape index (κ3) is 5.80. The molecule has 0 saturated heterocycles. The number of hydrogen-bond donors (Lipinski definition) is 0. The first-order valence-corrected chi connectivity index (χ1v) is 12.7. The lowest BCUT2D eigenvalue weighted by atomic mass is 9.82. The summed E-state index contributed by atoms with van der Waals surface area (Å²) in [6.07, 6.45) is 15.2. The van der Waals surface area contributed by atoms with Gasteiger partial charge in [0.25, 0.3) is 0 Å². The van der Waals surface area contributed by atoms with Crippen molar-refractivity contribution >= 4 is 0 Å². The van der Waals surface area contributed by atoms with Crippen molar-refractivity contribution in [1.82, 2.24) is 0 Å². The van der Waals surface area contributed by atoms with Crippen LogP contribution in [0.1, 0.15) is 75.8 Å². The zero-order valence-corrected chi connectivity index (χ0v) is 19.9. The molecule has 0 radical (unpaired) electrons. The molecule has 1 aliphatic carbocycles. The number of aryl methyl sites for hydroxylation is 1. The number of benzene rings is 3. The molecule has 0 fully saturated rings. The largest absolute Gasteiger partial charge is 0.0848 e. The van der Waals surface area contributed by atoms with Crippen molar-refractivity contribution in [2.45, 2.75) is 71.1 Å². The van der Waals surface area contributed by atoms with Crippen LogP contribution in [0.15, 0.2) is 84.9 Å². The predicted molar refractivity (Wildman–Crippen MR) is 140 cm³/mol. The molecule has 0 saturated carbocycles. The first-order valence-electron chi connectivity index (χ1n) is 12.7. The van der Waals surface area contributed by atoms with Gasteiger partial charge in [0.2, 0.25) is 0 Å². The minimum atomic E-state index is 0.587. The highest BCUT2D eigenvalue weighted by Crippen LogP contribution is 2.33. The Morgan fingerprint density at radius 2 is 1.16 bits per heavy atom. The molecule has 0 aromatic heterocycles. The van der Waals surface area contributed by atoms with Crippen LogP contribution in [0.4, 0.5) is 0 Å². The third-order valence-electron chi connectivity index (χ3n) is 7.04. The van der Waals surface area contributed by atoms with Crippen LogP contribution in [-0.4, -0.2) is 0 Å². The topological polar surface area (TPSA) is 0 Å². The van der Waals surface area contributed by atoms with E-state index in [1.807, 2.05) is 0 Å². The summed E-state index contributed by atoms with van der Waals surface area (Å²) < 4.78 is 0. The molecule has 166 valence electrons. The Hall–Kier alpha value is -2.60. The fourth-order valence-electron chi connectivity index (χ4n) is 4.99. The second kappa shape index (κ2) is 11.3. The van der Waals surface area contributed by atoms with Crippen LogP contribution < -0.4 is 0 Å². The Morgan fingerprint density at radius 3 is 1.66 bits per heavy atom. The van der Waals surface area contributed by atoms with Gasteiger partial charge in [-0.3, -0.25) is 0 Å². The summed E-state index contributed by atoms with van der Waals surface area (Å²) in [5, 5.41) is 0. The normalized spacial score (nSPS) is 18.1. The molecule has 0 heteroatoms. The van der Waals surface area contributed by atoms with Gasteiger partial charge in [-0.15, -0.1) is 0 Å². The fraction of sp³-hybridized carbons (Fsp3) is 0.375. The Labute approximate surface area is 195 Å². The molecule has 0 N–H and O–H groups in total. The quantitative estimate of drug-likeness (QED) is 0.238. The Kier molecular flexibility index (Phi) is 7.99. The van der Waals surface area contributed by atoms with E-state index >= 15 is 0 Å². The molecular formula is C32H38. The maximum atomic E-state index is 2.46. The van der Waals surface area contributed by atoms with Crippen LogP contribution in [0.3, 0.4) is 0 Å². The van der Waals surface area contributed by atoms with Crippen LogP contribution in [0.2, 0.25) is 0 Å². The zero-order valence-electron chi connectivity index (χ0n) is 19.9. The van der Waals surface area contributed by atoms with E-state index < -0.39 is 0 Å². The van der Waals surface area contributed by atoms with Gasteiger partial charge in [-0.1, -0.05) is 118 Å². The number of rotatable bonds is 9. The van der Waals surface area contributed by atoms with E-state index in [9.17, 15) is 0 Å². The van der Waals surface area contributed by atoms with Crippen molar-refractivity contribution < 1.29 is 0 Å². The van der Waals surface area contributed by atoms with E-state index in [1.54, 1.807) is 0 Å². The van der Waals surface area contributed by atoms with Crippen LogP contribution in [0.5, 0.6) is 0 Å². The molecule has 0 amide bonds. The van der Waals surface area contributed by atoms with Gasteiger partial charge in [0.1, 0.15) is 0 Å². The SMILES string of the molecule is CCCCCc1ccc(-c2ccc(-c3ccc(C4C=CC(CCC)CC4)cc3)cc2)cc1. The lowest BCUT2D eigenvalue weighted by Crippen LogP contribution is -2.07. The molecule has 0 spiro atoms. The van der Waals surface area contributed by atoms with Crippen molar-refractivity contribution in [2.75, 3.05) is 0 Å². The van der Waals surface area contributed by atoms with Crippen molar-refractivity contribution in [3.8, 4) is 22.3 Å². The van der Waals surface area contributed by atoms with Gasteiger partial charge in [0.15, 0.2) is 0 Å². The van der Waals surface area contributed by atoms with E-state index in [-0.39, 0.29) is 0 Å². The second-order valence-electron chi connectivity index (χ2n) is 9.47. The Morgan fingerprint density at radius 1 is 0.594 bits per heavy atom. The Bertz CT molecular complexity index is 974. The molecule has 2 unspecified atom stereocenters. The minimum absolute atomic E-state index is 0.587. The van der Waals surface area contributed by atoms with Gasteiger partial charge < -0.3 is 0 Å². The summed E-state index contributed by atoms with van der Waals surface area (Å²) in [5.41, 5.74) is 8.09. The van der Waals surface area contributed by atoms with E-state index in [2.05, 4.69) is 98.8 Å². The van der Waals surface area contributed by atoms with Gasteiger partial charge in [0, 0.05) is 5.92 Å². The lowest BCUT2D eigenvalue weighted by Gasteiger charge is -2.23. The highest BCUT2D eigenvalue weighted by atomic mass is 14.2. The van der Waals surface area contributed by atoms with E-state index in [1.165, 1.54) is 84.7 Å². The molecule has 3 aromatic rings. The molecule has 0 aliphatic heterocycles. The molecule has 3 aromatic carbocycles. The molecular weight excluding hydrogens is 384 g/mol.